The maximum Gasteiger partial charge on any atom is 0.228 e. The predicted octanol–water partition coefficient (Wildman–Crippen LogP) is 6.27. The number of nitrogens with one attached hydrogen (secondary N) is 1. The smallest absolute Gasteiger partial charge is 0.228 e. The number of pyridine rings is 1. The summed E-state index contributed by atoms with van der Waals surface area (Å²) in [4.78, 5) is 17.8. The Labute approximate surface area is 223 Å². The highest BCUT2D eigenvalue weighted by Crippen LogP contribution is 2.35. The summed E-state index contributed by atoms with van der Waals surface area (Å²) in [6.45, 7) is 7.66. The van der Waals surface area contributed by atoms with Gasteiger partial charge in [0.05, 0.1) is 40.2 Å². The highest BCUT2D eigenvalue weighted by atomic mass is 32.2. The lowest BCUT2D eigenvalue weighted by Crippen LogP contribution is -2.23. The van der Waals surface area contributed by atoms with Crippen LogP contribution in [-0.2, 0) is 27.6 Å². The standard InChI is InChI=1S/C29H31FN4O3S/c1-18-25(11-8-19(28(18)30)14-27(35)33-20-16-32-34(17-20)29(2,3)4)37-26-12-13-31-24-10-9-22(15-23(24)26)38(36)21-6-5-7-21/h8-13,15-17,21H,5-7,14H2,1-4H3,(H,33,35). The van der Waals surface area contributed by atoms with Gasteiger partial charge in [-0.15, -0.1) is 0 Å². The number of rotatable bonds is 7. The zero-order valence-corrected chi connectivity index (χ0v) is 22.8. The van der Waals surface area contributed by atoms with E-state index in [9.17, 15) is 9.00 Å². The Kier molecular flexibility index (Phi) is 7.05. The fourth-order valence-electron chi connectivity index (χ4n) is 4.31. The second-order valence-electron chi connectivity index (χ2n) is 10.7. The van der Waals surface area contributed by atoms with E-state index in [2.05, 4.69) is 15.4 Å². The van der Waals surface area contributed by atoms with Crippen LogP contribution in [0.5, 0.6) is 11.5 Å². The number of amides is 1. The van der Waals surface area contributed by atoms with E-state index in [1.165, 1.54) is 0 Å². The molecule has 1 unspecified atom stereocenters. The minimum absolute atomic E-state index is 0.123. The first-order valence-corrected chi connectivity index (χ1v) is 13.9. The number of carbonyl (C=O) groups excluding carboxylic acids is 1. The van der Waals surface area contributed by atoms with Crippen LogP contribution in [-0.4, -0.2) is 30.1 Å². The Hall–Kier alpha value is -3.59. The molecule has 2 aromatic carbocycles. The van der Waals surface area contributed by atoms with Crippen molar-refractivity contribution in [3.05, 3.63) is 71.9 Å². The molecule has 0 saturated heterocycles. The van der Waals surface area contributed by atoms with Crippen LogP contribution in [0.15, 0.2) is 59.9 Å². The molecule has 1 fully saturated rings. The number of anilines is 1. The van der Waals surface area contributed by atoms with Crippen LogP contribution < -0.4 is 10.1 Å². The first kappa shape index (κ1) is 26.0. The van der Waals surface area contributed by atoms with Crippen LogP contribution in [0.4, 0.5) is 10.1 Å². The minimum Gasteiger partial charge on any atom is -0.456 e. The highest BCUT2D eigenvalue weighted by Gasteiger charge is 2.25. The van der Waals surface area contributed by atoms with Gasteiger partial charge in [-0.25, -0.2) is 4.39 Å². The monoisotopic (exact) mass is 534 g/mol. The van der Waals surface area contributed by atoms with Gasteiger partial charge in [0.25, 0.3) is 0 Å². The average Bonchev–Trinajstić information content (AvgIpc) is 3.31. The van der Waals surface area contributed by atoms with Crippen LogP contribution in [0, 0.1) is 12.7 Å². The molecule has 2 aromatic heterocycles. The van der Waals surface area contributed by atoms with Crippen molar-refractivity contribution in [3.63, 3.8) is 0 Å². The maximum atomic E-state index is 15.3. The third-order valence-electron chi connectivity index (χ3n) is 6.80. The zero-order chi connectivity index (χ0) is 27.0. The van der Waals surface area contributed by atoms with E-state index in [-0.39, 0.29) is 28.7 Å². The second-order valence-corrected chi connectivity index (χ2v) is 12.4. The average molecular weight is 535 g/mol. The number of halogens is 1. The first-order chi connectivity index (χ1) is 18.1. The van der Waals surface area contributed by atoms with Crippen molar-refractivity contribution in [3.8, 4) is 11.5 Å². The van der Waals surface area contributed by atoms with E-state index in [0.29, 0.717) is 28.3 Å². The molecule has 2 heterocycles. The van der Waals surface area contributed by atoms with Crippen LogP contribution in [0.25, 0.3) is 10.9 Å². The Morgan fingerprint density at radius 3 is 2.66 bits per heavy atom. The van der Waals surface area contributed by atoms with Crippen molar-refractivity contribution in [2.45, 2.75) is 69.1 Å². The number of aromatic nitrogens is 3. The highest BCUT2D eigenvalue weighted by molar-refractivity contribution is 7.85. The van der Waals surface area contributed by atoms with E-state index < -0.39 is 16.6 Å². The maximum absolute atomic E-state index is 15.3. The Morgan fingerprint density at radius 1 is 1.18 bits per heavy atom. The molecule has 198 valence electrons. The molecule has 9 heteroatoms. The topological polar surface area (TPSA) is 86.1 Å². The first-order valence-electron chi connectivity index (χ1n) is 12.7. The van der Waals surface area contributed by atoms with Gasteiger partial charge in [0.1, 0.15) is 17.3 Å². The summed E-state index contributed by atoms with van der Waals surface area (Å²) >= 11 is 0. The van der Waals surface area contributed by atoms with Crippen LogP contribution in [0.3, 0.4) is 0 Å². The molecule has 4 aromatic rings. The molecular weight excluding hydrogens is 503 g/mol. The molecule has 1 amide bonds. The van der Waals surface area contributed by atoms with E-state index in [1.54, 1.807) is 48.4 Å². The molecular formula is C29H31FN4O3S. The summed E-state index contributed by atoms with van der Waals surface area (Å²) in [5.41, 5.74) is 1.63. The van der Waals surface area contributed by atoms with Gasteiger partial charge in [-0.05, 0) is 76.4 Å². The molecule has 1 N–H and O–H groups in total. The van der Waals surface area contributed by atoms with Gasteiger partial charge in [0, 0.05) is 33.5 Å². The fraction of sp³-hybridized carbons (Fsp3) is 0.345. The second kappa shape index (κ2) is 10.3. The van der Waals surface area contributed by atoms with Gasteiger partial charge in [-0.1, -0.05) is 12.5 Å². The Bertz CT molecular complexity index is 1540. The minimum atomic E-state index is -1.07. The summed E-state index contributed by atoms with van der Waals surface area (Å²) in [5, 5.41) is 7.97. The van der Waals surface area contributed by atoms with Crippen LogP contribution in [0.2, 0.25) is 0 Å². The van der Waals surface area contributed by atoms with Gasteiger partial charge in [-0.2, -0.15) is 5.10 Å². The summed E-state index contributed by atoms with van der Waals surface area (Å²) in [6.07, 6.45) is 7.91. The van der Waals surface area contributed by atoms with Crippen LogP contribution >= 0.6 is 0 Å². The molecule has 7 nitrogen and oxygen atoms in total. The van der Waals surface area contributed by atoms with Crippen molar-refractivity contribution in [1.29, 1.82) is 0 Å². The molecule has 38 heavy (non-hydrogen) atoms. The summed E-state index contributed by atoms with van der Waals surface area (Å²) in [6, 6.07) is 10.5. The molecule has 0 radical (unpaired) electrons. The number of hydrogen-bond donors (Lipinski definition) is 1. The SMILES string of the molecule is Cc1c(Oc2ccnc3ccc(S(=O)C4CCC4)cc23)ccc(CC(=O)Nc2cnn(C(C)(C)C)c2)c1F. The molecule has 0 bridgehead atoms. The largest absolute Gasteiger partial charge is 0.456 e. The molecule has 5 rings (SSSR count). The van der Waals surface area contributed by atoms with E-state index >= 15 is 4.39 Å². The molecule has 1 saturated carbocycles. The van der Waals surface area contributed by atoms with Crippen LogP contribution in [0.1, 0.15) is 51.2 Å². The third kappa shape index (κ3) is 5.34. The molecule has 0 aliphatic heterocycles. The summed E-state index contributed by atoms with van der Waals surface area (Å²) in [7, 11) is -1.07. The zero-order valence-electron chi connectivity index (χ0n) is 22.0. The number of carbonyl (C=O) groups is 1. The van der Waals surface area contributed by atoms with E-state index in [0.717, 1.165) is 29.5 Å². The van der Waals surface area contributed by atoms with Crippen molar-refractivity contribution in [1.82, 2.24) is 14.8 Å². The number of ether oxygens (including phenoxy) is 1. The molecule has 1 atom stereocenters. The predicted molar refractivity (Wildman–Crippen MR) is 147 cm³/mol. The number of hydrogen-bond acceptors (Lipinski definition) is 5. The van der Waals surface area contributed by atoms with Crippen molar-refractivity contribution in [2.75, 3.05) is 5.32 Å². The van der Waals surface area contributed by atoms with Gasteiger partial charge in [0.2, 0.25) is 5.91 Å². The lowest BCUT2D eigenvalue weighted by atomic mass is 10.00. The molecule has 1 aliphatic carbocycles. The third-order valence-corrected chi connectivity index (χ3v) is 8.60. The van der Waals surface area contributed by atoms with Gasteiger partial charge in [0.15, 0.2) is 0 Å². The normalized spacial score (nSPS) is 14.8. The quantitative estimate of drug-likeness (QED) is 0.302. The Morgan fingerprint density at radius 2 is 1.97 bits per heavy atom. The summed E-state index contributed by atoms with van der Waals surface area (Å²) in [5.74, 6) is 0.0214. The van der Waals surface area contributed by atoms with Gasteiger partial charge in [-0.3, -0.25) is 18.7 Å². The van der Waals surface area contributed by atoms with Gasteiger partial charge < -0.3 is 10.1 Å². The Balaban J connectivity index is 1.34. The summed E-state index contributed by atoms with van der Waals surface area (Å²) < 4.78 is 36.1. The van der Waals surface area contributed by atoms with Gasteiger partial charge >= 0.3 is 0 Å². The van der Waals surface area contributed by atoms with Crippen molar-refractivity contribution < 1.29 is 18.1 Å². The number of fused-ring (bicyclic) bond motifs is 1. The van der Waals surface area contributed by atoms with Crippen molar-refractivity contribution in [2.24, 2.45) is 0 Å². The number of benzene rings is 2. The number of nitrogens with zero attached hydrogens (tertiary/aromatic N) is 3. The van der Waals surface area contributed by atoms with E-state index in [1.807, 2.05) is 39.0 Å². The molecule has 1 aliphatic rings. The van der Waals surface area contributed by atoms with Crippen molar-refractivity contribution >= 4 is 33.3 Å². The van der Waals surface area contributed by atoms with E-state index in [4.69, 9.17) is 4.74 Å². The fourth-order valence-corrected chi connectivity index (χ4v) is 5.90. The lowest BCUT2D eigenvalue weighted by molar-refractivity contribution is -0.115. The molecule has 0 spiro atoms. The lowest BCUT2D eigenvalue weighted by Gasteiger charge is -2.24.